The molecule has 98 valence electrons. The van der Waals surface area contributed by atoms with Gasteiger partial charge in [-0.3, -0.25) is 0 Å². The summed E-state index contributed by atoms with van der Waals surface area (Å²) < 4.78 is 0. The van der Waals surface area contributed by atoms with Crippen molar-refractivity contribution in [3.63, 3.8) is 0 Å². The van der Waals surface area contributed by atoms with Gasteiger partial charge < -0.3 is 5.11 Å². The Balaban J connectivity index is 2.30. The molecule has 0 aromatic heterocycles. The maximum Gasteiger partial charge on any atom is 0.119 e. The molecule has 1 aromatic rings. The quantitative estimate of drug-likeness (QED) is 0.737. The van der Waals surface area contributed by atoms with E-state index < -0.39 is 0 Å². The SMILES string of the molecule is C=CCC1(C(C)c2ccccc2O)CCCCC1. The Labute approximate surface area is 111 Å². The number of hydrogen-bond acceptors (Lipinski definition) is 1. The van der Waals surface area contributed by atoms with Gasteiger partial charge >= 0.3 is 0 Å². The largest absolute Gasteiger partial charge is 0.508 e. The van der Waals surface area contributed by atoms with E-state index in [-0.39, 0.29) is 0 Å². The van der Waals surface area contributed by atoms with E-state index in [0.29, 0.717) is 17.1 Å². The Hall–Kier alpha value is -1.24. The van der Waals surface area contributed by atoms with E-state index in [4.69, 9.17) is 0 Å². The van der Waals surface area contributed by atoms with Gasteiger partial charge in [0.2, 0.25) is 0 Å². The van der Waals surface area contributed by atoms with Crippen molar-refractivity contribution in [1.29, 1.82) is 0 Å². The van der Waals surface area contributed by atoms with Crippen molar-refractivity contribution in [2.45, 2.75) is 51.4 Å². The lowest BCUT2D eigenvalue weighted by atomic mass is 9.62. The van der Waals surface area contributed by atoms with Gasteiger partial charge in [-0.25, -0.2) is 0 Å². The third kappa shape index (κ3) is 2.45. The van der Waals surface area contributed by atoms with E-state index in [0.717, 1.165) is 12.0 Å². The first kappa shape index (κ1) is 13.2. The third-order valence-corrected chi connectivity index (χ3v) is 4.72. The highest BCUT2D eigenvalue weighted by atomic mass is 16.3. The Morgan fingerprint density at radius 2 is 1.94 bits per heavy atom. The van der Waals surface area contributed by atoms with Crippen LogP contribution in [0.4, 0.5) is 0 Å². The highest BCUT2D eigenvalue weighted by Crippen LogP contribution is 2.51. The smallest absolute Gasteiger partial charge is 0.119 e. The van der Waals surface area contributed by atoms with E-state index in [1.807, 2.05) is 12.1 Å². The van der Waals surface area contributed by atoms with Crippen LogP contribution in [0.3, 0.4) is 0 Å². The molecule has 18 heavy (non-hydrogen) atoms. The molecule has 1 aliphatic rings. The van der Waals surface area contributed by atoms with Gasteiger partial charge in [-0.2, -0.15) is 0 Å². The lowest BCUT2D eigenvalue weighted by molar-refractivity contribution is 0.152. The molecule has 1 fully saturated rings. The van der Waals surface area contributed by atoms with Gasteiger partial charge in [0.05, 0.1) is 0 Å². The predicted octanol–water partition coefficient (Wildman–Crippen LogP) is 5.02. The van der Waals surface area contributed by atoms with E-state index in [2.05, 4.69) is 25.6 Å². The van der Waals surface area contributed by atoms with Crippen LogP contribution in [0.1, 0.15) is 56.9 Å². The van der Waals surface area contributed by atoms with Crippen LogP contribution in [0.25, 0.3) is 0 Å². The van der Waals surface area contributed by atoms with Gasteiger partial charge in [0.25, 0.3) is 0 Å². The van der Waals surface area contributed by atoms with Gasteiger partial charge in [0.1, 0.15) is 5.75 Å². The molecule has 1 aromatic carbocycles. The zero-order valence-corrected chi connectivity index (χ0v) is 11.4. The van der Waals surface area contributed by atoms with Crippen molar-refractivity contribution in [3.8, 4) is 5.75 Å². The number of benzene rings is 1. The first-order valence-corrected chi connectivity index (χ1v) is 7.08. The van der Waals surface area contributed by atoms with Crippen molar-refractivity contribution in [2.24, 2.45) is 5.41 Å². The molecule has 0 bridgehead atoms. The van der Waals surface area contributed by atoms with Crippen LogP contribution in [-0.4, -0.2) is 5.11 Å². The number of aromatic hydroxyl groups is 1. The molecule has 1 heteroatoms. The monoisotopic (exact) mass is 244 g/mol. The first-order chi connectivity index (χ1) is 8.69. The summed E-state index contributed by atoms with van der Waals surface area (Å²) in [5.41, 5.74) is 1.40. The molecule has 0 heterocycles. The maximum atomic E-state index is 10.1. The van der Waals surface area contributed by atoms with Gasteiger partial charge in [-0.1, -0.05) is 50.5 Å². The zero-order chi connectivity index (χ0) is 13.0. The first-order valence-electron chi connectivity index (χ1n) is 7.08. The van der Waals surface area contributed by atoms with Gasteiger partial charge in [0, 0.05) is 0 Å². The van der Waals surface area contributed by atoms with Gasteiger partial charge in [-0.15, -0.1) is 6.58 Å². The summed E-state index contributed by atoms with van der Waals surface area (Å²) in [7, 11) is 0. The summed E-state index contributed by atoms with van der Waals surface area (Å²) in [4.78, 5) is 0. The molecule has 1 atom stereocenters. The van der Waals surface area contributed by atoms with Gasteiger partial charge in [-0.05, 0) is 42.2 Å². The molecule has 0 aliphatic heterocycles. The molecular formula is C17H24O. The normalized spacial score (nSPS) is 20.3. The topological polar surface area (TPSA) is 20.2 Å². The molecule has 0 spiro atoms. The Bertz CT molecular complexity index is 402. The highest BCUT2D eigenvalue weighted by Gasteiger charge is 2.37. The fourth-order valence-corrected chi connectivity index (χ4v) is 3.54. The number of rotatable bonds is 4. The number of phenolic OH excluding ortho intramolecular Hbond substituents is 1. The molecular weight excluding hydrogens is 220 g/mol. The summed E-state index contributed by atoms with van der Waals surface area (Å²) in [6.45, 7) is 6.20. The molecule has 0 radical (unpaired) electrons. The van der Waals surface area contributed by atoms with Crippen molar-refractivity contribution in [1.82, 2.24) is 0 Å². The molecule has 0 saturated heterocycles. The zero-order valence-electron chi connectivity index (χ0n) is 11.4. The fraction of sp³-hybridized carbons (Fsp3) is 0.529. The number of allylic oxidation sites excluding steroid dienone is 1. The Morgan fingerprint density at radius 1 is 1.28 bits per heavy atom. The lowest BCUT2D eigenvalue weighted by Gasteiger charge is -2.42. The van der Waals surface area contributed by atoms with Crippen LogP contribution in [-0.2, 0) is 0 Å². The average Bonchev–Trinajstić information content (AvgIpc) is 2.40. The van der Waals surface area contributed by atoms with Crippen molar-refractivity contribution in [2.75, 3.05) is 0 Å². The minimum Gasteiger partial charge on any atom is -0.508 e. The number of phenols is 1. The minimum absolute atomic E-state index is 0.304. The number of para-hydroxylation sites is 1. The average molecular weight is 244 g/mol. The lowest BCUT2D eigenvalue weighted by Crippen LogP contribution is -2.29. The van der Waals surface area contributed by atoms with Crippen molar-refractivity contribution in [3.05, 3.63) is 42.5 Å². The summed E-state index contributed by atoms with van der Waals surface area (Å²) in [6, 6.07) is 7.79. The predicted molar refractivity (Wildman–Crippen MR) is 76.9 cm³/mol. The van der Waals surface area contributed by atoms with Crippen molar-refractivity contribution >= 4 is 0 Å². The highest BCUT2D eigenvalue weighted by molar-refractivity contribution is 5.36. The Kier molecular flexibility index (Phi) is 4.11. The van der Waals surface area contributed by atoms with Crippen molar-refractivity contribution < 1.29 is 5.11 Å². The third-order valence-electron chi connectivity index (χ3n) is 4.72. The second-order valence-corrected chi connectivity index (χ2v) is 5.70. The van der Waals surface area contributed by atoms with Crippen LogP contribution in [0, 0.1) is 5.41 Å². The maximum absolute atomic E-state index is 10.1. The van der Waals surface area contributed by atoms with E-state index in [1.165, 1.54) is 32.1 Å². The van der Waals surface area contributed by atoms with Crippen LogP contribution < -0.4 is 0 Å². The molecule has 1 saturated carbocycles. The molecule has 1 aliphatic carbocycles. The standard InChI is InChI=1S/C17H24O/c1-3-11-17(12-7-4-8-13-17)14(2)15-9-5-6-10-16(15)18/h3,5-6,9-10,14,18H,1,4,7-8,11-13H2,2H3. The molecule has 1 unspecified atom stereocenters. The van der Waals surface area contributed by atoms with Gasteiger partial charge in [0.15, 0.2) is 0 Å². The molecule has 1 N–H and O–H groups in total. The molecule has 1 nitrogen and oxygen atoms in total. The van der Waals surface area contributed by atoms with Crippen LogP contribution in [0.2, 0.25) is 0 Å². The van der Waals surface area contributed by atoms with E-state index in [1.54, 1.807) is 6.07 Å². The second-order valence-electron chi connectivity index (χ2n) is 5.70. The van der Waals surface area contributed by atoms with Crippen LogP contribution >= 0.6 is 0 Å². The minimum atomic E-state index is 0.304. The van der Waals surface area contributed by atoms with Crippen LogP contribution in [0.5, 0.6) is 5.75 Å². The molecule has 2 rings (SSSR count). The fourth-order valence-electron chi connectivity index (χ4n) is 3.54. The second kappa shape index (κ2) is 5.60. The summed E-state index contributed by atoms with van der Waals surface area (Å²) in [5, 5.41) is 10.1. The summed E-state index contributed by atoms with van der Waals surface area (Å²) in [6.07, 6.45) is 9.61. The molecule has 0 amide bonds. The summed E-state index contributed by atoms with van der Waals surface area (Å²) >= 11 is 0. The van der Waals surface area contributed by atoms with E-state index >= 15 is 0 Å². The van der Waals surface area contributed by atoms with Crippen LogP contribution in [0.15, 0.2) is 36.9 Å². The number of hydrogen-bond donors (Lipinski definition) is 1. The Morgan fingerprint density at radius 3 is 2.56 bits per heavy atom. The van der Waals surface area contributed by atoms with E-state index in [9.17, 15) is 5.11 Å². The summed E-state index contributed by atoms with van der Waals surface area (Å²) in [5.74, 6) is 0.844.